The molecule has 32 heavy (non-hydrogen) atoms. The number of benzene rings is 3. The van der Waals surface area contributed by atoms with E-state index < -0.39 is 9.85 Å². The summed E-state index contributed by atoms with van der Waals surface area (Å²) in [6.07, 6.45) is 2.82. The minimum absolute atomic E-state index is 0.0128. The quantitative estimate of drug-likeness (QED) is 0.260. The monoisotopic (exact) mass is 434 g/mol. The molecule has 0 amide bonds. The van der Waals surface area contributed by atoms with Crippen LogP contribution in [0, 0.1) is 20.2 Å². The van der Waals surface area contributed by atoms with E-state index in [0.717, 1.165) is 11.1 Å². The highest BCUT2D eigenvalue weighted by molar-refractivity contribution is 5.80. The van der Waals surface area contributed by atoms with Gasteiger partial charge < -0.3 is 9.68 Å². The van der Waals surface area contributed by atoms with Crippen LogP contribution in [-0.4, -0.2) is 22.3 Å². The molecular formula is C22H18N4O6. The molecule has 0 saturated heterocycles. The van der Waals surface area contributed by atoms with Gasteiger partial charge in [-0.15, -0.1) is 0 Å². The standard InChI is InChI=1S/C22H18N4O6/c27-25(28)21-5-1-3-19(11-21)13-23-31-15-17-7-9-18(10-8-17)16-32-24-14-20-4-2-6-22(12-20)26(29)30/h1-14H,15-16H2/b23-13-,24-14-. The molecule has 0 unspecified atom stereocenters. The van der Waals surface area contributed by atoms with Crippen molar-refractivity contribution < 1.29 is 19.5 Å². The van der Waals surface area contributed by atoms with E-state index in [1.54, 1.807) is 24.3 Å². The molecule has 3 aromatic carbocycles. The fraction of sp³-hybridized carbons (Fsp3) is 0.0909. The molecule has 10 heteroatoms. The number of hydrogen-bond donors (Lipinski definition) is 0. The number of nitro benzene ring substituents is 2. The second-order valence-corrected chi connectivity index (χ2v) is 6.54. The molecule has 10 nitrogen and oxygen atoms in total. The Balaban J connectivity index is 1.44. The van der Waals surface area contributed by atoms with Crippen molar-refractivity contribution >= 4 is 23.8 Å². The maximum absolute atomic E-state index is 10.8. The summed E-state index contributed by atoms with van der Waals surface area (Å²) in [6.45, 7) is 0.467. The van der Waals surface area contributed by atoms with Gasteiger partial charge in [0.2, 0.25) is 0 Å². The lowest BCUT2D eigenvalue weighted by atomic mass is 10.1. The van der Waals surface area contributed by atoms with Gasteiger partial charge >= 0.3 is 0 Å². The summed E-state index contributed by atoms with van der Waals surface area (Å²) in [5.41, 5.74) is 2.87. The van der Waals surface area contributed by atoms with Crippen molar-refractivity contribution in [1.29, 1.82) is 0 Å². The number of nitro groups is 2. The van der Waals surface area contributed by atoms with Crippen molar-refractivity contribution in [2.75, 3.05) is 0 Å². The molecule has 0 saturated carbocycles. The SMILES string of the molecule is O=[N+]([O-])c1cccc(/C=N\OCc2ccc(CO/N=C\c3cccc([N+](=O)[O-])c3)cc2)c1. The molecule has 0 bridgehead atoms. The van der Waals surface area contributed by atoms with Gasteiger partial charge in [-0.1, -0.05) is 58.8 Å². The summed E-state index contributed by atoms with van der Waals surface area (Å²) >= 11 is 0. The average molecular weight is 434 g/mol. The molecule has 0 aromatic heterocycles. The summed E-state index contributed by atoms with van der Waals surface area (Å²) in [5.74, 6) is 0. The minimum atomic E-state index is -0.470. The second-order valence-electron chi connectivity index (χ2n) is 6.54. The van der Waals surface area contributed by atoms with Crippen LogP contribution in [0.15, 0.2) is 83.1 Å². The number of nitrogens with zero attached hydrogens (tertiary/aromatic N) is 4. The van der Waals surface area contributed by atoms with Crippen LogP contribution in [0.25, 0.3) is 0 Å². The fourth-order valence-electron chi connectivity index (χ4n) is 2.59. The first-order chi connectivity index (χ1) is 15.5. The third kappa shape index (κ3) is 6.73. The highest BCUT2D eigenvalue weighted by Gasteiger charge is 2.05. The van der Waals surface area contributed by atoms with Crippen LogP contribution in [0.3, 0.4) is 0 Å². The smallest absolute Gasteiger partial charge is 0.270 e. The van der Waals surface area contributed by atoms with Crippen molar-refractivity contribution in [3.05, 3.63) is 115 Å². The van der Waals surface area contributed by atoms with E-state index in [1.165, 1.54) is 36.7 Å². The predicted octanol–water partition coefficient (Wildman–Crippen LogP) is 4.60. The normalized spacial score (nSPS) is 11.0. The lowest BCUT2D eigenvalue weighted by Crippen LogP contribution is -1.93. The topological polar surface area (TPSA) is 129 Å². The van der Waals surface area contributed by atoms with Gasteiger partial charge in [-0.2, -0.15) is 0 Å². The van der Waals surface area contributed by atoms with Gasteiger partial charge in [0, 0.05) is 35.4 Å². The Morgan fingerprint density at radius 2 is 1.09 bits per heavy atom. The lowest BCUT2D eigenvalue weighted by Gasteiger charge is -2.03. The van der Waals surface area contributed by atoms with Gasteiger partial charge in [0.1, 0.15) is 13.2 Å². The van der Waals surface area contributed by atoms with Gasteiger partial charge in [0.15, 0.2) is 0 Å². The third-order valence-corrected chi connectivity index (χ3v) is 4.20. The van der Waals surface area contributed by atoms with E-state index >= 15 is 0 Å². The zero-order valence-corrected chi connectivity index (χ0v) is 16.7. The predicted molar refractivity (Wildman–Crippen MR) is 117 cm³/mol. The van der Waals surface area contributed by atoms with Crippen LogP contribution < -0.4 is 0 Å². The summed E-state index contributed by atoms with van der Waals surface area (Å²) in [5, 5.41) is 29.2. The molecular weight excluding hydrogens is 416 g/mol. The van der Waals surface area contributed by atoms with E-state index in [9.17, 15) is 20.2 Å². The van der Waals surface area contributed by atoms with E-state index in [-0.39, 0.29) is 24.6 Å². The Morgan fingerprint density at radius 1 is 0.688 bits per heavy atom. The summed E-state index contributed by atoms with van der Waals surface area (Å²) in [7, 11) is 0. The van der Waals surface area contributed by atoms with E-state index in [0.29, 0.717) is 11.1 Å². The molecule has 3 rings (SSSR count). The van der Waals surface area contributed by atoms with E-state index in [2.05, 4.69) is 10.3 Å². The van der Waals surface area contributed by atoms with Crippen LogP contribution >= 0.6 is 0 Å². The van der Waals surface area contributed by atoms with Gasteiger partial charge in [-0.25, -0.2) is 0 Å². The number of rotatable bonds is 10. The molecule has 162 valence electrons. The molecule has 0 atom stereocenters. The van der Waals surface area contributed by atoms with Crippen LogP contribution in [-0.2, 0) is 22.9 Å². The highest BCUT2D eigenvalue weighted by atomic mass is 16.6. The molecule has 0 heterocycles. The highest BCUT2D eigenvalue weighted by Crippen LogP contribution is 2.13. The largest absolute Gasteiger partial charge is 0.391 e. The molecule has 0 fully saturated rings. The Kier molecular flexibility index (Phi) is 7.58. The van der Waals surface area contributed by atoms with Gasteiger partial charge in [0.05, 0.1) is 22.3 Å². The number of oxime groups is 2. The Labute approximate surface area is 182 Å². The van der Waals surface area contributed by atoms with Crippen LogP contribution in [0.2, 0.25) is 0 Å². The first-order valence-corrected chi connectivity index (χ1v) is 9.38. The zero-order chi connectivity index (χ0) is 22.8. The van der Waals surface area contributed by atoms with Gasteiger partial charge in [-0.3, -0.25) is 20.2 Å². The van der Waals surface area contributed by atoms with Crippen LogP contribution in [0.1, 0.15) is 22.3 Å². The van der Waals surface area contributed by atoms with Crippen molar-refractivity contribution in [2.45, 2.75) is 13.2 Å². The second kappa shape index (κ2) is 11.0. The van der Waals surface area contributed by atoms with Crippen molar-refractivity contribution in [3.63, 3.8) is 0 Å². The molecule has 0 radical (unpaired) electrons. The average Bonchev–Trinajstić information content (AvgIpc) is 2.81. The number of hydrogen-bond acceptors (Lipinski definition) is 8. The van der Waals surface area contributed by atoms with Crippen molar-refractivity contribution in [3.8, 4) is 0 Å². The fourth-order valence-corrected chi connectivity index (χ4v) is 2.59. The summed E-state index contributed by atoms with van der Waals surface area (Å²) < 4.78 is 0. The maximum atomic E-state index is 10.8. The molecule has 0 N–H and O–H groups in total. The molecule has 0 spiro atoms. The van der Waals surface area contributed by atoms with Crippen LogP contribution in [0.4, 0.5) is 11.4 Å². The molecule has 0 aliphatic heterocycles. The van der Waals surface area contributed by atoms with E-state index in [4.69, 9.17) is 9.68 Å². The van der Waals surface area contributed by atoms with Crippen molar-refractivity contribution in [2.24, 2.45) is 10.3 Å². The molecule has 0 aliphatic carbocycles. The Hall–Kier alpha value is -4.60. The zero-order valence-electron chi connectivity index (χ0n) is 16.7. The Bertz CT molecular complexity index is 1050. The first kappa shape index (κ1) is 22.1. The van der Waals surface area contributed by atoms with Crippen molar-refractivity contribution in [1.82, 2.24) is 0 Å². The summed E-state index contributed by atoms with van der Waals surface area (Å²) in [4.78, 5) is 31.1. The first-order valence-electron chi connectivity index (χ1n) is 9.38. The number of non-ortho nitro benzene ring substituents is 2. The third-order valence-electron chi connectivity index (χ3n) is 4.20. The van der Waals surface area contributed by atoms with Gasteiger partial charge in [0.25, 0.3) is 11.4 Å². The maximum Gasteiger partial charge on any atom is 0.270 e. The Morgan fingerprint density at radius 3 is 1.47 bits per heavy atom. The van der Waals surface area contributed by atoms with Crippen LogP contribution in [0.5, 0.6) is 0 Å². The van der Waals surface area contributed by atoms with E-state index in [1.807, 2.05) is 24.3 Å². The minimum Gasteiger partial charge on any atom is -0.391 e. The summed E-state index contributed by atoms with van der Waals surface area (Å²) in [6, 6.07) is 19.6. The lowest BCUT2D eigenvalue weighted by molar-refractivity contribution is -0.385. The van der Waals surface area contributed by atoms with Gasteiger partial charge in [-0.05, 0) is 11.1 Å². The molecule has 0 aliphatic rings. The molecule has 3 aromatic rings.